The van der Waals surface area contributed by atoms with E-state index in [-0.39, 0.29) is 17.2 Å². The summed E-state index contributed by atoms with van der Waals surface area (Å²) < 4.78 is 19.1. The van der Waals surface area contributed by atoms with Gasteiger partial charge in [0.1, 0.15) is 6.10 Å². The van der Waals surface area contributed by atoms with Crippen LogP contribution in [-0.2, 0) is 4.74 Å². The Labute approximate surface area is 133 Å². The fourth-order valence-corrected chi connectivity index (χ4v) is 1.99. The minimum atomic E-state index is -0.571. The second-order valence-corrected chi connectivity index (χ2v) is 5.38. The number of aromatic nitrogens is 2. The lowest BCUT2D eigenvalue weighted by molar-refractivity contribution is 0.170. The predicted molar refractivity (Wildman–Crippen MR) is 85.0 cm³/mol. The van der Waals surface area contributed by atoms with Crippen molar-refractivity contribution in [2.24, 2.45) is 0 Å². The Morgan fingerprint density at radius 1 is 1.45 bits per heavy atom. The largest absolute Gasteiger partial charge is 0.388 e. The third-order valence-corrected chi connectivity index (χ3v) is 3.10. The molecule has 1 aliphatic rings. The van der Waals surface area contributed by atoms with Crippen molar-refractivity contribution in [2.75, 3.05) is 12.4 Å². The van der Waals surface area contributed by atoms with Crippen molar-refractivity contribution in [1.82, 2.24) is 15.3 Å². The molecule has 0 saturated carbocycles. The maximum Gasteiger partial charge on any atom is 0.224 e. The highest BCUT2D eigenvalue weighted by atomic mass is 35.5. The van der Waals surface area contributed by atoms with E-state index in [0.29, 0.717) is 11.7 Å². The summed E-state index contributed by atoms with van der Waals surface area (Å²) in [4.78, 5) is 7.41. The van der Waals surface area contributed by atoms with Gasteiger partial charge in [-0.05, 0) is 43.7 Å². The second kappa shape index (κ2) is 7.38. The number of allylic oxidation sites excluding steroid dienone is 1. The molecule has 2 rings (SSSR count). The van der Waals surface area contributed by atoms with Crippen LogP contribution in [0.2, 0.25) is 5.28 Å². The lowest BCUT2D eigenvalue weighted by Gasteiger charge is -2.20. The number of hydrogen-bond acceptors (Lipinski definition) is 5. The molecule has 22 heavy (non-hydrogen) atoms. The smallest absolute Gasteiger partial charge is 0.224 e. The third-order valence-electron chi connectivity index (χ3n) is 2.92. The standard InChI is InChI=1S/C15H18ClFN4O/c1-9(2)18-7-10-6-11(4-5-13(10)22-3)20-14-12(17)8-19-15(16)21-14/h4-9,13,18H,1-3H3,(H,19,20,21). The molecule has 7 heteroatoms. The topological polar surface area (TPSA) is 59.1 Å². The number of anilines is 1. The van der Waals surface area contributed by atoms with Crippen LogP contribution in [0.1, 0.15) is 13.8 Å². The van der Waals surface area contributed by atoms with Crippen LogP contribution < -0.4 is 10.6 Å². The summed E-state index contributed by atoms with van der Waals surface area (Å²) in [5.74, 6) is -0.540. The van der Waals surface area contributed by atoms with Crippen molar-refractivity contribution in [3.63, 3.8) is 0 Å². The molecular formula is C15H18ClFN4O. The van der Waals surface area contributed by atoms with Gasteiger partial charge in [-0.15, -0.1) is 0 Å². The van der Waals surface area contributed by atoms with Crippen LogP contribution in [0.5, 0.6) is 0 Å². The van der Waals surface area contributed by atoms with Crippen molar-refractivity contribution in [2.45, 2.75) is 26.0 Å². The molecule has 0 amide bonds. The molecule has 0 bridgehead atoms. The molecule has 0 spiro atoms. The molecule has 1 aliphatic carbocycles. The van der Waals surface area contributed by atoms with Gasteiger partial charge in [-0.3, -0.25) is 0 Å². The number of hydrogen-bond donors (Lipinski definition) is 2. The van der Waals surface area contributed by atoms with Gasteiger partial charge >= 0.3 is 0 Å². The maximum atomic E-state index is 13.7. The zero-order valence-corrected chi connectivity index (χ0v) is 13.4. The molecule has 0 aliphatic heterocycles. The number of methoxy groups -OCH3 is 1. The average Bonchev–Trinajstić information content (AvgIpc) is 2.49. The summed E-state index contributed by atoms with van der Waals surface area (Å²) in [5, 5.41) is 6.09. The van der Waals surface area contributed by atoms with Gasteiger partial charge in [-0.25, -0.2) is 9.37 Å². The molecule has 0 radical (unpaired) electrons. The van der Waals surface area contributed by atoms with E-state index in [1.807, 2.05) is 32.2 Å². The quantitative estimate of drug-likeness (QED) is 0.815. The zero-order valence-electron chi connectivity index (χ0n) is 12.6. The van der Waals surface area contributed by atoms with Crippen molar-refractivity contribution >= 4 is 17.4 Å². The van der Waals surface area contributed by atoms with Crippen LogP contribution in [-0.4, -0.2) is 29.2 Å². The molecule has 118 valence electrons. The second-order valence-electron chi connectivity index (χ2n) is 5.04. The van der Waals surface area contributed by atoms with Crippen molar-refractivity contribution in [3.05, 3.63) is 53.0 Å². The number of rotatable bonds is 5. The summed E-state index contributed by atoms with van der Waals surface area (Å²) in [6.45, 7) is 4.08. The Kier molecular flexibility index (Phi) is 5.51. The van der Waals surface area contributed by atoms with E-state index in [4.69, 9.17) is 16.3 Å². The average molecular weight is 325 g/mol. The van der Waals surface area contributed by atoms with Crippen LogP contribution in [0, 0.1) is 5.82 Å². The predicted octanol–water partition coefficient (Wildman–Crippen LogP) is 3.03. The van der Waals surface area contributed by atoms with Gasteiger partial charge in [-0.2, -0.15) is 4.98 Å². The Balaban J connectivity index is 2.21. The first-order chi connectivity index (χ1) is 10.5. The van der Waals surface area contributed by atoms with E-state index < -0.39 is 5.82 Å². The lowest BCUT2D eigenvalue weighted by atomic mass is 10.0. The fourth-order valence-electron chi connectivity index (χ4n) is 1.86. The van der Waals surface area contributed by atoms with Gasteiger partial charge < -0.3 is 15.4 Å². The molecular weight excluding hydrogens is 307 g/mol. The van der Waals surface area contributed by atoms with E-state index in [2.05, 4.69) is 20.6 Å². The zero-order chi connectivity index (χ0) is 16.1. The summed E-state index contributed by atoms with van der Waals surface area (Å²) in [7, 11) is 1.63. The normalized spacial score (nSPS) is 19.5. The van der Waals surface area contributed by atoms with Gasteiger partial charge in [0.05, 0.1) is 6.20 Å². The minimum absolute atomic E-state index is 0.0173. The molecule has 0 saturated heterocycles. The van der Waals surface area contributed by atoms with Crippen molar-refractivity contribution in [3.8, 4) is 0 Å². The van der Waals surface area contributed by atoms with Crippen LogP contribution in [0.4, 0.5) is 10.2 Å². The van der Waals surface area contributed by atoms with Gasteiger partial charge in [0, 0.05) is 30.6 Å². The minimum Gasteiger partial charge on any atom is -0.388 e. The van der Waals surface area contributed by atoms with E-state index in [1.165, 1.54) is 0 Å². The molecule has 2 N–H and O–H groups in total. The Morgan fingerprint density at radius 3 is 2.91 bits per heavy atom. The molecule has 0 fully saturated rings. The number of nitrogens with one attached hydrogen (secondary N) is 2. The third kappa shape index (κ3) is 4.29. The van der Waals surface area contributed by atoms with Gasteiger partial charge in [0.2, 0.25) is 5.28 Å². The number of ether oxygens (including phenoxy) is 1. The van der Waals surface area contributed by atoms with Gasteiger partial charge in [0.15, 0.2) is 11.6 Å². The molecule has 1 atom stereocenters. The highest BCUT2D eigenvalue weighted by Crippen LogP contribution is 2.21. The first kappa shape index (κ1) is 16.5. The van der Waals surface area contributed by atoms with E-state index in [9.17, 15) is 4.39 Å². The molecule has 1 aromatic rings. The Hall–Kier alpha value is -1.92. The van der Waals surface area contributed by atoms with Crippen LogP contribution in [0.15, 0.2) is 41.9 Å². The summed E-state index contributed by atoms with van der Waals surface area (Å²) in [6, 6.07) is 0.304. The molecule has 1 heterocycles. The van der Waals surface area contributed by atoms with E-state index in [1.54, 1.807) is 13.2 Å². The highest BCUT2D eigenvalue weighted by molar-refractivity contribution is 6.28. The maximum absolute atomic E-state index is 13.7. The van der Waals surface area contributed by atoms with Gasteiger partial charge in [0.25, 0.3) is 0 Å². The van der Waals surface area contributed by atoms with Crippen LogP contribution in [0.25, 0.3) is 0 Å². The van der Waals surface area contributed by atoms with Crippen LogP contribution in [0.3, 0.4) is 0 Å². The number of halogens is 2. The summed E-state index contributed by atoms with van der Waals surface area (Å²) >= 11 is 5.69. The fraction of sp³-hybridized carbons (Fsp3) is 0.333. The van der Waals surface area contributed by atoms with Crippen molar-refractivity contribution in [1.29, 1.82) is 0 Å². The molecule has 0 aromatic carbocycles. The monoisotopic (exact) mass is 324 g/mol. The van der Waals surface area contributed by atoms with Crippen molar-refractivity contribution < 1.29 is 9.13 Å². The molecule has 1 aromatic heterocycles. The van der Waals surface area contributed by atoms with Crippen LogP contribution >= 0.6 is 11.6 Å². The number of nitrogens with zero attached hydrogens (tertiary/aromatic N) is 2. The lowest BCUT2D eigenvalue weighted by Crippen LogP contribution is -2.21. The molecule has 5 nitrogen and oxygen atoms in total. The summed E-state index contributed by atoms with van der Waals surface area (Å²) in [5.41, 5.74) is 1.60. The Bertz CT molecular complexity index is 628. The van der Waals surface area contributed by atoms with E-state index >= 15 is 0 Å². The Morgan fingerprint density at radius 2 is 2.23 bits per heavy atom. The highest BCUT2D eigenvalue weighted by Gasteiger charge is 2.15. The molecule has 1 unspecified atom stereocenters. The first-order valence-electron chi connectivity index (χ1n) is 6.83. The van der Waals surface area contributed by atoms with E-state index in [0.717, 1.165) is 11.8 Å². The summed E-state index contributed by atoms with van der Waals surface area (Å²) in [6.07, 6.45) is 8.29. The SMILES string of the molecule is COC1C=CC(Nc2nc(Cl)ncc2F)=CC1=CNC(C)C. The first-order valence-corrected chi connectivity index (χ1v) is 7.21. The van der Waals surface area contributed by atoms with Gasteiger partial charge in [-0.1, -0.05) is 0 Å².